The Bertz CT molecular complexity index is 891. The van der Waals surface area contributed by atoms with E-state index in [2.05, 4.69) is 15.5 Å². The van der Waals surface area contributed by atoms with Crippen LogP contribution in [0.25, 0.3) is 5.65 Å². The molecule has 1 N–H and O–H groups in total. The van der Waals surface area contributed by atoms with Crippen molar-refractivity contribution in [3.05, 3.63) is 65.6 Å². The van der Waals surface area contributed by atoms with E-state index in [9.17, 15) is 13.6 Å². The number of halogens is 2. The van der Waals surface area contributed by atoms with Crippen LogP contribution in [-0.2, 0) is 0 Å². The van der Waals surface area contributed by atoms with Crippen molar-refractivity contribution in [2.75, 3.05) is 0 Å². The zero-order valence-corrected chi connectivity index (χ0v) is 13.2. The summed E-state index contributed by atoms with van der Waals surface area (Å²) in [5, 5.41) is 10.9. The first-order valence-electron chi connectivity index (χ1n) is 7.53. The van der Waals surface area contributed by atoms with Gasteiger partial charge in [-0.25, -0.2) is 8.78 Å². The van der Waals surface area contributed by atoms with Crippen molar-refractivity contribution in [1.29, 1.82) is 0 Å². The van der Waals surface area contributed by atoms with Gasteiger partial charge in [0.05, 0.1) is 11.6 Å². The number of amides is 1. The highest BCUT2D eigenvalue weighted by atomic mass is 19.1. The van der Waals surface area contributed by atoms with Crippen molar-refractivity contribution >= 4 is 11.6 Å². The van der Waals surface area contributed by atoms with Crippen molar-refractivity contribution < 1.29 is 13.6 Å². The number of benzene rings is 1. The number of nitrogens with zero attached hydrogens (tertiary/aromatic N) is 3. The van der Waals surface area contributed by atoms with Crippen LogP contribution in [0.15, 0.2) is 42.6 Å². The summed E-state index contributed by atoms with van der Waals surface area (Å²) in [5.41, 5.74) is 0.304. The summed E-state index contributed by atoms with van der Waals surface area (Å²) in [5.74, 6) is -1.64. The molecule has 0 radical (unpaired) electrons. The molecule has 0 bridgehead atoms. The van der Waals surface area contributed by atoms with E-state index in [0.717, 1.165) is 18.2 Å². The minimum absolute atomic E-state index is 0.0295. The molecule has 0 saturated carbocycles. The van der Waals surface area contributed by atoms with E-state index in [0.29, 0.717) is 11.5 Å². The molecule has 0 aliphatic heterocycles. The number of rotatable bonds is 4. The number of hydrogen-bond donors (Lipinski definition) is 1. The van der Waals surface area contributed by atoms with Crippen LogP contribution < -0.4 is 5.32 Å². The minimum atomic E-state index is -0.775. The summed E-state index contributed by atoms with van der Waals surface area (Å²) < 4.78 is 28.9. The molecule has 3 aromatic rings. The third-order valence-corrected chi connectivity index (χ3v) is 3.74. The molecule has 0 saturated heterocycles. The second kappa shape index (κ2) is 6.35. The summed E-state index contributed by atoms with van der Waals surface area (Å²) in [4.78, 5) is 12.4. The van der Waals surface area contributed by atoms with E-state index in [1.54, 1.807) is 16.7 Å². The third-order valence-electron chi connectivity index (χ3n) is 3.74. The summed E-state index contributed by atoms with van der Waals surface area (Å²) >= 11 is 0. The largest absolute Gasteiger partial charge is 0.342 e. The number of nitrogens with one attached hydrogen (secondary N) is 1. The SMILES string of the molecule is CC(C)[C@@H](NC(=O)c1cc(F)ccc1F)c1nnc2ccccn12. The standard InChI is InChI=1S/C17H16F2N4O/c1-10(2)15(16-22-21-14-5-3-4-8-23(14)16)20-17(24)12-9-11(18)6-7-13(12)19/h3-10,15H,1-2H3,(H,20,24)/t15-/m1/s1. The number of aromatic nitrogens is 3. The Morgan fingerprint density at radius 3 is 2.71 bits per heavy atom. The van der Waals surface area contributed by atoms with Gasteiger partial charge in [-0.3, -0.25) is 9.20 Å². The topological polar surface area (TPSA) is 59.3 Å². The molecule has 2 aromatic heterocycles. The van der Waals surface area contributed by atoms with Gasteiger partial charge in [0.15, 0.2) is 11.5 Å². The van der Waals surface area contributed by atoms with Crippen LogP contribution in [0.2, 0.25) is 0 Å². The summed E-state index contributed by atoms with van der Waals surface area (Å²) in [6.45, 7) is 3.80. The molecule has 1 aromatic carbocycles. The number of pyridine rings is 1. The first-order chi connectivity index (χ1) is 11.5. The molecule has 0 fully saturated rings. The molecule has 24 heavy (non-hydrogen) atoms. The van der Waals surface area contributed by atoms with Crippen LogP contribution in [0.1, 0.15) is 36.1 Å². The van der Waals surface area contributed by atoms with Gasteiger partial charge >= 0.3 is 0 Å². The lowest BCUT2D eigenvalue weighted by atomic mass is 10.0. The Labute approximate surface area is 137 Å². The molecule has 1 atom stereocenters. The second-order valence-corrected chi connectivity index (χ2v) is 5.81. The van der Waals surface area contributed by atoms with Crippen molar-refractivity contribution in [1.82, 2.24) is 19.9 Å². The number of fused-ring (bicyclic) bond motifs is 1. The fourth-order valence-corrected chi connectivity index (χ4v) is 2.49. The summed E-state index contributed by atoms with van der Waals surface area (Å²) in [7, 11) is 0. The number of carbonyl (C=O) groups excluding carboxylic acids is 1. The van der Waals surface area contributed by atoms with Crippen LogP contribution in [0, 0.1) is 17.6 Å². The maximum atomic E-state index is 13.8. The molecule has 0 unspecified atom stereocenters. The van der Waals surface area contributed by atoms with Gasteiger partial charge in [-0.1, -0.05) is 19.9 Å². The zero-order valence-electron chi connectivity index (χ0n) is 13.2. The average molecular weight is 330 g/mol. The lowest BCUT2D eigenvalue weighted by Crippen LogP contribution is -2.33. The first-order valence-corrected chi connectivity index (χ1v) is 7.53. The normalized spacial score (nSPS) is 12.5. The van der Waals surface area contributed by atoms with Gasteiger partial charge in [-0.05, 0) is 36.2 Å². The Balaban J connectivity index is 1.95. The van der Waals surface area contributed by atoms with Crippen molar-refractivity contribution in [2.45, 2.75) is 19.9 Å². The molecule has 0 aliphatic carbocycles. The van der Waals surface area contributed by atoms with E-state index in [1.165, 1.54) is 0 Å². The lowest BCUT2D eigenvalue weighted by Gasteiger charge is -2.21. The average Bonchev–Trinajstić information content (AvgIpc) is 2.98. The molecule has 5 nitrogen and oxygen atoms in total. The van der Waals surface area contributed by atoms with Crippen LogP contribution in [0.5, 0.6) is 0 Å². The Morgan fingerprint density at radius 2 is 1.96 bits per heavy atom. The maximum absolute atomic E-state index is 13.8. The highest BCUT2D eigenvalue weighted by molar-refractivity contribution is 5.94. The van der Waals surface area contributed by atoms with E-state index < -0.39 is 23.6 Å². The Morgan fingerprint density at radius 1 is 1.17 bits per heavy atom. The predicted molar refractivity (Wildman–Crippen MR) is 84.4 cm³/mol. The molecular formula is C17H16F2N4O. The fourth-order valence-electron chi connectivity index (χ4n) is 2.49. The van der Waals surface area contributed by atoms with E-state index in [4.69, 9.17) is 0 Å². The summed E-state index contributed by atoms with van der Waals surface area (Å²) in [6.07, 6.45) is 1.79. The van der Waals surface area contributed by atoms with Gasteiger partial charge < -0.3 is 5.32 Å². The Kier molecular flexibility index (Phi) is 4.24. The second-order valence-electron chi connectivity index (χ2n) is 5.81. The minimum Gasteiger partial charge on any atom is -0.342 e. The highest BCUT2D eigenvalue weighted by Crippen LogP contribution is 2.22. The van der Waals surface area contributed by atoms with Crippen LogP contribution in [0.4, 0.5) is 8.78 Å². The quantitative estimate of drug-likeness (QED) is 0.799. The van der Waals surface area contributed by atoms with E-state index in [1.807, 2.05) is 26.0 Å². The van der Waals surface area contributed by atoms with E-state index in [-0.39, 0.29) is 11.5 Å². The van der Waals surface area contributed by atoms with Crippen LogP contribution >= 0.6 is 0 Å². The Hall–Kier alpha value is -2.83. The van der Waals surface area contributed by atoms with Gasteiger partial charge in [0.25, 0.3) is 5.91 Å². The molecule has 2 heterocycles. The lowest BCUT2D eigenvalue weighted by molar-refractivity contribution is 0.0918. The van der Waals surface area contributed by atoms with Crippen molar-refractivity contribution in [3.63, 3.8) is 0 Å². The molecule has 124 valence electrons. The molecule has 0 spiro atoms. The van der Waals surface area contributed by atoms with Crippen molar-refractivity contribution in [2.24, 2.45) is 5.92 Å². The van der Waals surface area contributed by atoms with Gasteiger partial charge in [0, 0.05) is 6.20 Å². The van der Waals surface area contributed by atoms with Crippen molar-refractivity contribution in [3.8, 4) is 0 Å². The molecule has 3 rings (SSSR count). The van der Waals surface area contributed by atoms with Gasteiger partial charge in [0.1, 0.15) is 11.6 Å². The zero-order chi connectivity index (χ0) is 17.3. The fraction of sp³-hybridized carbons (Fsp3) is 0.235. The highest BCUT2D eigenvalue weighted by Gasteiger charge is 2.25. The third kappa shape index (κ3) is 2.97. The smallest absolute Gasteiger partial charge is 0.254 e. The van der Waals surface area contributed by atoms with Gasteiger partial charge in [0.2, 0.25) is 0 Å². The first kappa shape index (κ1) is 16.0. The molecule has 0 aliphatic rings. The number of carbonyl (C=O) groups is 1. The monoisotopic (exact) mass is 330 g/mol. The number of hydrogen-bond acceptors (Lipinski definition) is 3. The molecule has 7 heteroatoms. The van der Waals surface area contributed by atoms with E-state index >= 15 is 0 Å². The van der Waals surface area contributed by atoms with Gasteiger partial charge in [-0.2, -0.15) is 0 Å². The van der Waals surface area contributed by atoms with Crippen LogP contribution in [0.3, 0.4) is 0 Å². The molecule has 1 amide bonds. The predicted octanol–water partition coefficient (Wildman–Crippen LogP) is 3.13. The molecular weight excluding hydrogens is 314 g/mol. The van der Waals surface area contributed by atoms with Gasteiger partial charge in [-0.15, -0.1) is 10.2 Å². The maximum Gasteiger partial charge on any atom is 0.254 e. The van der Waals surface area contributed by atoms with Crippen LogP contribution in [-0.4, -0.2) is 20.5 Å². The summed E-state index contributed by atoms with van der Waals surface area (Å²) in [6, 6.07) is 7.73.